The van der Waals surface area contributed by atoms with Crippen LogP contribution in [0.2, 0.25) is 0 Å². The molecule has 0 saturated heterocycles. The maximum absolute atomic E-state index is 12.7. The van der Waals surface area contributed by atoms with Gasteiger partial charge in [-0.25, -0.2) is 0 Å². The fourth-order valence-electron chi connectivity index (χ4n) is 3.29. The number of rotatable bonds is 4. The van der Waals surface area contributed by atoms with Gasteiger partial charge in [-0.2, -0.15) is 0 Å². The summed E-state index contributed by atoms with van der Waals surface area (Å²) >= 11 is 0. The highest BCUT2D eigenvalue weighted by molar-refractivity contribution is 6.13. The molecular formula is C24H20O2. The fourth-order valence-corrected chi connectivity index (χ4v) is 3.29. The van der Waals surface area contributed by atoms with E-state index in [9.17, 15) is 4.79 Å². The quantitative estimate of drug-likeness (QED) is 0.588. The van der Waals surface area contributed by atoms with Crippen molar-refractivity contribution in [3.05, 3.63) is 107 Å². The second-order valence-corrected chi connectivity index (χ2v) is 6.50. The van der Waals surface area contributed by atoms with Crippen LogP contribution in [0.1, 0.15) is 33.5 Å². The molecule has 0 aromatic heterocycles. The van der Waals surface area contributed by atoms with E-state index in [2.05, 4.69) is 0 Å². The molecule has 2 heteroatoms. The van der Waals surface area contributed by atoms with Crippen LogP contribution in [0.15, 0.2) is 84.4 Å². The molecule has 0 radical (unpaired) electrons. The topological polar surface area (TPSA) is 26.3 Å². The summed E-state index contributed by atoms with van der Waals surface area (Å²) in [5, 5.41) is 0. The van der Waals surface area contributed by atoms with Crippen molar-refractivity contribution in [1.29, 1.82) is 0 Å². The average Bonchev–Trinajstić information content (AvgIpc) is 2.70. The summed E-state index contributed by atoms with van der Waals surface area (Å²) in [6, 6.07) is 25.9. The van der Waals surface area contributed by atoms with Gasteiger partial charge in [0.2, 0.25) is 0 Å². The van der Waals surface area contributed by atoms with Crippen LogP contribution in [0.25, 0.3) is 6.08 Å². The standard InChI is InChI=1S/C24H20O2/c25-24-21(14-13-20-10-4-5-12-23(20)24)15-19-9-6-11-22(16-19)26-17-18-7-2-1-3-8-18/h1-12,15-16H,13-14,17H2. The summed E-state index contributed by atoms with van der Waals surface area (Å²) in [4.78, 5) is 12.7. The van der Waals surface area contributed by atoms with E-state index < -0.39 is 0 Å². The predicted octanol–water partition coefficient (Wildman–Crippen LogP) is 5.48. The summed E-state index contributed by atoms with van der Waals surface area (Å²) < 4.78 is 5.89. The molecule has 26 heavy (non-hydrogen) atoms. The van der Waals surface area contributed by atoms with Crippen LogP contribution in [-0.4, -0.2) is 5.78 Å². The van der Waals surface area contributed by atoms with E-state index in [-0.39, 0.29) is 5.78 Å². The molecule has 1 aliphatic carbocycles. The third-order valence-electron chi connectivity index (χ3n) is 4.66. The second-order valence-electron chi connectivity index (χ2n) is 6.50. The molecule has 0 bridgehead atoms. The van der Waals surface area contributed by atoms with Crippen molar-refractivity contribution in [3.8, 4) is 5.75 Å². The summed E-state index contributed by atoms with van der Waals surface area (Å²) in [5.74, 6) is 0.953. The molecule has 0 spiro atoms. The van der Waals surface area contributed by atoms with Gasteiger partial charge in [-0.05, 0) is 47.7 Å². The molecule has 128 valence electrons. The molecule has 0 unspecified atom stereocenters. The van der Waals surface area contributed by atoms with Gasteiger partial charge in [0, 0.05) is 11.1 Å². The highest BCUT2D eigenvalue weighted by Crippen LogP contribution is 2.27. The van der Waals surface area contributed by atoms with Gasteiger partial charge in [0.05, 0.1) is 0 Å². The molecule has 2 nitrogen and oxygen atoms in total. The van der Waals surface area contributed by atoms with Gasteiger partial charge in [0.25, 0.3) is 0 Å². The first-order valence-corrected chi connectivity index (χ1v) is 8.89. The number of aryl methyl sites for hydroxylation is 1. The van der Waals surface area contributed by atoms with Crippen molar-refractivity contribution in [1.82, 2.24) is 0 Å². The van der Waals surface area contributed by atoms with E-state index in [4.69, 9.17) is 4.74 Å². The van der Waals surface area contributed by atoms with Crippen molar-refractivity contribution in [3.63, 3.8) is 0 Å². The van der Waals surface area contributed by atoms with E-state index in [1.165, 1.54) is 0 Å². The first-order chi connectivity index (χ1) is 12.8. The largest absolute Gasteiger partial charge is 0.489 e. The Balaban J connectivity index is 1.52. The lowest BCUT2D eigenvalue weighted by Gasteiger charge is -2.17. The van der Waals surface area contributed by atoms with Crippen LogP contribution in [0.3, 0.4) is 0 Å². The Morgan fingerprint density at radius 3 is 2.54 bits per heavy atom. The minimum atomic E-state index is 0.141. The molecule has 0 saturated carbocycles. The van der Waals surface area contributed by atoms with E-state index in [1.54, 1.807) is 0 Å². The van der Waals surface area contributed by atoms with Crippen molar-refractivity contribution in [2.24, 2.45) is 0 Å². The van der Waals surface area contributed by atoms with Crippen LogP contribution in [0.5, 0.6) is 5.75 Å². The van der Waals surface area contributed by atoms with Crippen molar-refractivity contribution in [2.45, 2.75) is 19.4 Å². The molecule has 0 heterocycles. The first-order valence-electron chi connectivity index (χ1n) is 8.89. The number of carbonyl (C=O) groups is 1. The molecule has 4 rings (SSSR count). The normalized spacial score (nSPS) is 14.9. The third kappa shape index (κ3) is 3.60. The number of fused-ring (bicyclic) bond motifs is 1. The molecule has 3 aromatic rings. The molecule has 3 aromatic carbocycles. The Labute approximate surface area is 153 Å². The van der Waals surface area contributed by atoms with Gasteiger partial charge in [0.1, 0.15) is 12.4 Å². The number of allylic oxidation sites excluding steroid dienone is 1. The van der Waals surface area contributed by atoms with Gasteiger partial charge >= 0.3 is 0 Å². The van der Waals surface area contributed by atoms with Crippen molar-refractivity contribution >= 4 is 11.9 Å². The molecule has 0 amide bonds. The SMILES string of the molecule is O=C1C(=Cc2cccc(OCc3ccccc3)c2)CCc2ccccc21. The number of benzene rings is 3. The van der Waals surface area contributed by atoms with Crippen LogP contribution in [-0.2, 0) is 13.0 Å². The maximum Gasteiger partial charge on any atom is 0.189 e. The zero-order valence-electron chi connectivity index (χ0n) is 14.5. The molecule has 0 atom stereocenters. The Bertz CT molecular complexity index is 955. The Morgan fingerprint density at radius 1 is 0.846 bits per heavy atom. The third-order valence-corrected chi connectivity index (χ3v) is 4.66. The molecule has 0 fully saturated rings. The lowest BCUT2D eigenvalue weighted by Crippen LogP contribution is -2.13. The van der Waals surface area contributed by atoms with Gasteiger partial charge in [-0.15, -0.1) is 0 Å². The Morgan fingerprint density at radius 2 is 1.65 bits per heavy atom. The van der Waals surface area contributed by atoms with Gasteiger partial charge in [0.15, 0.2) is 5.78 Å². The lowest BCUT2D eigenvalue weighted by atomic mass is 9.86. The lowest BCUT2D eigenvalue weighted by molar-refractivity contribution is 0.102. The van der Waals surface area contributed by atoms with E-state index >= 15 is 0 Å². The molecular weight excluding hydrogens is 320 g/mol. The van der Waals surface area contributed by atoms with Gasteiger partial charge in [-0.1, -0.05) is 66.7 Å². The zero-order valence-corrected chi connectivity index (χ0v) is 14.5. The number of hydrogen-bond acceptors (Lipinski definition) is 2. The highest BCUT2D eigenvalue weighted by Gasteiger charge is 2.21. The van der Waals surface area contributed by atoms with Gasteiger partial charge in [-0.3, -0.25) is 4.79 Å². The van der Waals surface area contributed by atoms with Crippen LogP contribution in [0.4, 0.5) is 0 Å². The Hall–Kier alpha value is -3.13. The summed E-state index contributed by atoms with van der Waals surface area (Å²) in [7, 11) is 0. The predicted molar refractivity (Wildman–Crippen MR) is 104 cm³/mol. The van der Waals surface area contributed by atoms with Gasteiger partial charge < -0.3 is 4.74 Å². The second kappa shape index (κ2) is 7.40. The number of carbonyl (C=O) groups excluding carboxylic acids is 1. The summed E-state index contributed by atoms with van der Waals surface area (Å²) in [5.41, 5.74) is 4.98. The number of Topliss-reactive ketones (excluding diaryl/α,β-unsaturated/α-hetero) is 1. The number of hydrogen-bond donors (Lipinski definition) is 0. The average molecular weight is 340 g/mol. The van der Waals surface area contributed by atoms with Crippen molar-refractivity contribution in [2.75, 3.05) is 0 Å². The minimum Gasteiger partial charge on any atom is -0.489 e. The van der Waals surface area contributed by atoms with Crippen molar-refractivity contribution < 1.29 is 9.53 Å². The van der Waals surface area contributed by atoms with Crippen LogP contribution >= 0.6 is 0 Å². The molecule has 1 aliphatic rings. The Kier molecular flexibility index (Phi) is 4.65. The maximum atomic E-state index is 12.7. The minimum absolute atomic E-state index is 0.141. The zero-order chi connectivity index (χ0) is 17.8. The highest BCUT2D eigenvalue weighted by atomic mass is 16.5. The molecule has 0 aliphatic heterocycles. The van der Waals surface area contributed by atoms with Crippen LogP contribution in [0, 0.1) is 0 Å². The monoisotopic (exact) mass is 340 g/mol. The smallest absolute Gasteiger partial charge is 0.189 e. The van der Waals surface area contributed by atoms with E-state index in [0.717, 1.165) is 46.4 Å². The molecule has 0 N–H and O–H groups in total. The fraction of sp³-hybridized carbons (Fsp3) is 0.125. The first kappa shape index (κ1) is 16.3. The summed E-state index contributed by atoms with van der Waals surface area (Å²) in [6.45, 7) is 0.535. The summed E-state index contributed by atoms with van der Waals surface area (Å²) in [6.07, 6.45) is 3.69. The van der Waals surface area contributed by atoms with Crippen LogP contribution < -0.4 is 4.74 Å². The number of ether oxygens (including phenoxy) is 1. The van der Waals surface area contributed by atoms with E-state index in [0.29, 0.717) is 6.61 Å². The van der Waals surface area contributed by atoms with E-state index in [1.807, 2.05) is 84.9 Å². The number of ketones is 1.